The lowest BCUT2D eigenvalue weighted by Crippen LogP contribution is -2.36. The third-order valence-corrected chi connectivity index (χ3v) is 7.11. The minimum atomic E-state index is -0.653. The quantitative estimate of drug-likeness (QED) is 0.459. The average molecular weight is 522 g/mol. The maximum Gasteiger partial charge on any atom is 0.336 e. The average Bonchev–Trinajstić information content (AvgIpc) is 2.93. The number of carbonyl (C=O) groups is 2. The molecule has 0 saturated heterocycles. The lowest BCUT2D eigenvalue weighted by molar-refractivity contribution is -0.139. The number of para-hydroxylation sites is 1. The van der Waals surface area contributed by atoms with Gasteiger partial charge in [0.1, 0.15) is 0 Å². The highest BCUT2D eigenvalue weighted by atomic mass is 16.5. The minimum Gasteiger partial charge on any atom is -0.493 e. The molecule has 1 heterocycles. The third-order valence-electron chi connectivity index (χ3n) is 7.11. The van der Waals surface area contributed by atoms with E-state index in [1.165, 1.54) is 0 Å². The number of carbonyl (C=O) groups excluding carboxylic acids is 2. The van der Waals surface area contributed by atoms with Gasteiger partial charge in [0.15, 0.2) is 28.8 Å². The molecule has 2 aromatic rings. The predicted molar refractivity (Wildman–Crippen MR) is 143 cm³/mol. The van der Waals surface area contributed by atoms with E-state index < -0.39 is 11.9 Å². The maximum atomic E-state index is 13.9. The van der Waals surface area contributed by atoms with Crippen molar-refractivity contribution in [2.75, 3.05) is 35.0 Å². The van der Waals surface area contributed by atoms with Crippen LogP contribution in [0.4, 0.5) is 0 Å². The molecule has 202 valence electrons. The van der Waals surface area contributed by atoms with Crippen molar-refractivity contribution < 1.29 is 33.3 Å². The molecule has 0 unspecified atom stereocenters. The van der Waals surface area contributed by atoms with Gasteiger partial charge in [-0.15, -0.1) is 0 Å². The fourth-order valence-electron chi connectivity index (χ4n) is 5.37. The topological polar surface area (TPSA) is 92.3 Å². The second kappa shape index (κ2) is 11.6. The van der Waals surface area contributed by atoms with Gasteiger partial charge in [0, 0.05) is 29.0 Å². The van der Waals surface area contributed by atoms with Crippen molar-refractivity contribution in [3.8, 4) is 23.0 Å². The molecule has 0 radical (unpaired) electrons. The Morgan fingerprint density at radius 3 is 2.34 bits per heavy atom. The van der Waals surface area contributed by atoms with Gasteiger partial charge < -0.3 is 29.0 Å². The number of nitrogens with one attached hydrogen (secondary N) is 1. The zero-order chi connectivity index (χ0) is 27.4. The van der Waals surface area contributed by atoms with Crippen molar-refractivity contribution in [2.24, 2.45) is 0 Å². The van der Waals surface area contributed by atoms with Gasteiger partial charge in [-0.05, 0) is 49.4 Å². The summed E-state index contributed by atoms with van der Waals surface area (Å²) in [7, 11) is 6.30. The molecule has 2 aliphatic rings. The van der Waals surface area contributed by atoms with E-state index in [2.05, 4.69) is 5.32 Å². The fourth-order valence-corrected chi connectivity index (χ4v) is 5.37. The van der Waals surface area contributed by atoms with E-state index in [-0.39, 0.29) is 18.1 Å². The van der Waals surface area contributed by atoms with Crippen molar-refractivity contribution in [1.82, 2.24) is 5.32 Å². The zero-order valence-electron chi connectivity index (χ0n) is 22.8. The van der Waals surface area contributed by atoms with Crippen LogP contribution in [0.3, 0.4) is 0 Å². The second-order valence-electron chi connectivity index (χ2n) is 9.35. The lowest BCUT2D eigenvalue weighted by atomic mass is 9.71. The van der Waals surface area contributed by atoms with Crippen molar-refractivity contribution in [1.29, 1.82) is 0 Å². The van der Waals surface area contributed by atoms with Crippen molar-refractivity contribution in [3.63, 3.8) is 0 Å². The van der Waals surface area contributed by atoms with Crippen LogP contribution in [-0.2, 0) is 14.3 Å². The summed E-state index contributed by atoms with van der Waals surface area (Å²) in [6.45, 7) is 4.07. The molecule has 2 aromatic carbocycles. The second-order valence-corrected chi connectivity index (χ2v) is 9.35. The molecule has 8 nitrogen and oxygen atoms in total. The lowest BCUT2D eigenvalue weighted by Gasteiger charge is -2.37. The Bertz CT molecular complexity index is 1290. The van der Waals surface area contributed by atoms with Gasteiger partial charge in [-0.25, -0.2) is 4.79 Å². The molecule has 2 atom stereocenters. The minimum absolute atomic E-state index is 0.0401. The molecular weight excluding hydrogens is 486 g/mol. The Balaban J connectivity index is 1.83. The number of hydrogen-bond acceptors (Lipinski definition) is 8. The molecular formula is C30H35NO7. The van der Waals surface area contributed by atoms with Gasteiger partial charge in [0.05, 0.1) is 46.5 Å². The van der Waals surface area contributed by atoms with Crippen LogP contribution in [0.25, 0.3) is 0 Å². The van der Waals surface area contributed by atoms with Crippen LogP contribution in [0.5, 0.6) is 23.0 Å². The highest BCUT2D eigenvalue weighted by Gasteiger charge is 2.43. The van der Waals surface area contributed by atoms with Gasteiger partial charge >= 0.3 is 5.97 Å². The SMILES string of the molecule is CCCOC(=O)C1=C(C)NC2=C(C(=O)C[C@@H](c3ccc(OC)c(OC)c3)C2)[C@H]1c1cccc(OC)c1OC. The van der Waals surface area contributed by atoms with Crippen LogP contribution in [0.2, 0.25) is 0 Å². The number of Topliss-reactive ketones (excluding diaryl/α,β-unsaturated/α-hetero) is 1. The smallest absolute Gasteiger partial charge is 0.336 e. The summed E-state index contributed by atoms with van der Waals surface area (Å²) in [5, 5.41) is 3.38. The van der Waals surface area contributed by atoms with Crippen LogP contribution in [-0.4, -0.2) is 46.8 Å². The van der Waals surface area contributed by atoms with Crippen molar-refractivity contribution in [2.45, 2.75) is 44.9 Å². The van der Waals surface area contributed by atoms with Crippen LogP contribution in [0.1, 0.15) is 56.1 Å². The van der Waals surface area contributed by atoms with Gasteiger partial charge in [0.25, 0.3) is 0 Å². The van der Waals surface area contributed by atoms with Crippen LogP contribution in [0.15, 0.2) is 58.9 Å². The zero-order valence-corrected chi connectivity index (χ0v) is 22.8. The predicted octanol–water partition coefficient (Wildman–Crippen LogP) is 5.04. The number of methoxy groups -OCH3 is 4. The molecule has 0 saturated carbocycles. The van der Waals surface area contributed by atoms with E-state index in [0.717, 1.165) is 11.3 Å². The number of hydrogen-bond donors (Lipinski definition) is 1. The van der Waals surface area contributed by atoms with Crippen molar-refractivity contribution >= 4 is 11.8 Å². The third kappa shape index (κ3) is 4.95. The number of allylic oxidation sites excluding steroid dienone is 3. The van der Waals surface area contributed by atoms with E-state index in [1.54, 1.807) is 34.5 Å². The summed E-state index contributed by atoms with van der Waals surface area (Å²) in [6, 6.07) is 11.2. The normalized spacial score (nSPS) is 18.9. The molecule has 4 rings (SSSR count). The Morgan fingerprint density at radius 1 is 0.947 bits per heavy atom. The first-order chi connectivity index (χ1) is 18.4. The fraction of sp³-hybridized carbons (Fsp3) is 0.400. The molecule has 0 amide bonds. The van der Waals surface area contributed by atoms with Crippen LogP contribution >= 0.6 is 0 Å². The summed E-state index contributed by atoms with van der Waals surface area (Å²) >= 11 is 0. The molecule has 0 spiro atoms. The van der Waals surface area contributed by atoms with E-state index in [0.29, 0.717) is 64.9 Å². The van der Waals surface area contributed by atoms with Crippen LogP contribution < -0.4 is 24.3 Å². The number of benzene rings is 2. The molecule has 38 heavy (non-hydrogen) atoms. The Morgan fingerprint density at radius 2 is 1.68 bits per heavy atom. The monoisotopic (exact) mass is 521 g/mol. The Labute approximate surface area is 223 Å². The van der Waals surface area contributed by atoms with E-state index >= 15 is 0 Å². The summed E-state index contributed by atoms with van der Waals surface area (Å²) in [5.74, 6) is 1.04. The molecule has 8 heteroatoms. The van der Waals surface area contributed by atoms with Crippen LogP contribution in [0, 0.1) is 0 Å². The highest BCUT2D eigenvalue weighted by molar-refractivity contribution is 6.04. The van der Waals surface area contributed by atoms with Gasteiger partial charge in [-0.1, -0.05) is 25.1 Å². The largest absolute Gasteiger partial charge is 0.493 e. The summed E-state index contributed by atoms with van der Waals surface area (Å²) < 4.78 is 27.7. The Kier molecular flexibility index (Phi) is 8.29. The number of esters is 1. The molecule has 0 aromatic heterocycles. The molecule has 0 bridgehead atoms. The van der Waals surface area contributed by atoms with Crippen molar-refractivity contribution in [3.05, 3.63) is 70.1 Å². The standard InChI is InChI=1S/C30H35NO7/c1-7-13-38-30(33)26-17(2)31-21-14-19(18-11-12-23(34-3)25(16-18)36-5)15-22(32)28(21)27(26)20-9-8-10-24(35-4)29(20)37-6/h8-12,16,19,27,31H,7,13-15H2,1-6H3/t19-,27-/m0/s1. The van der Waals surface area contributed by atoms with Gasteiger partial charge in [-0.2, -0.15) is 0 Å². The first-order valence-electron chi connectivity index (χ1n) is 12.7. The summed E-state index contributed by atoms with van der Waals surface area (Å²) in [4.78, 5) is 27.3. The molecule has 1 aliphatic carbocycles. The van der Waals surface area contributed by atoms with Gasteiger partial charge in [0.2, 0.25) is 0 Å². The summed E-state index contributed by atoms with van der Waals surface area (Å²) in [6.07, 6.45) is 1.57. The summed E-state index contributed by atoms with van der Waals surface area (Å²) in [5.41, 5.74) is 4.07. The van der Waals surface area contributed by atoms with Gasteiger partial charge in [-0.3, -0.25) is 4.79 Å². The number of rotatable bonds is 9. The number of ether oxygens (including phenoxy) is 5. The van der Waals surface area contributed by atoms with E-state index in [4.69, 9.17) is 23.7 Å². The van der Waals surface area contributed by atoms with E-state index in [1.807, 2.05) is 44.2 Å². The number of ketones is 1. The molecule has 1 N–H and O–H groups in total. The number of dihydropyridines is 1. The maximum absolute atomic E-state index is 13.9. The highest BCUT2D eigenvalue weighted by Crippen LogP contribution is 2.49. The van der Waals surface area contributed by atoms with E-state index in [9.17, 15) is 9.59 Å². The first kappa shape index (κ1) is 27.1. The first-order valence-corrected chi connectivity index (χ1v) is 12.7. The molecule has 1 aliphatic heterocycles. The Hall–Kier alpha value is -3.94. The molecule has 0 fully saturated rings.